The van der Waals surface area contributed by atoms with Crippen molar-refractivity contribution in [1.82, 2.24) is 10.2 Å². The second kappa shape index (κ2) is 6.36. The highest BCUT2D eigenvalue weighted by Crippen LogP contribution is 2.19. The van der Waals surface area contributed by atoms with Crippen LogP contribution < -0.4 is 5.32 Å². The minimum Gasteiger partial charge on any atom is -0.336 e. The molecule has 1 aliphatic rings. The molecule has 0 spiro atoms. The van der Waals surface area contributed by atoms with E-state index in [9.17, 15) is 9.18 Å². The highest BCUT2D eigenvalue weighted by atomic mass is 35.5. The molecule has 1 fully saturated rings. The number of nitrogens with one attached hydrogen (secondary N) is 1. The van der Waals surface area contributed by atoms with E-state index in [2.05, 4.69) is 5.32 Å². The first kappa shape index (κ1) is 15.2. The minimum atomic E-state index is -0.634. The summed E-state index contributed by atoms with van der Waals surface area (Å²) in [7, 11) is 0. The van der Waals surface area contributed by atoms with Gasteiger partial charge in [-0.3, -0.25) is 4.79 Å². The number of piperazine rings is 1. The monoisotopic (exact) mass is 292 g/mol. The second-order valence-corrected chi connectivity index (χ2v) is 4.61. The molecule has 0 radical (unpaired) electrons. The number of carbonyl (C=O) groups is 1. The summed E-state index contributed by atoms with van der Waals surface area (Å²) < 4.78 is 13.7. The predicted octanol–water partition coefficient (Wildman–Crippen LogP) is 2.33. The van der Waals surface area contributed by atoms with Gasteiger partial charge in [0.2, 0.25) is 0 Å². The van der Waals surface area contributed by atoms with Crippen molar-refractivity contribution in [3.05, 3.63) is 34.6 Å². The number of hydrogen-bond donors (Lipinski definition) is 1. The van der Waals surface area contributed by atoms with E-state index in [0.29, 0.717) is 13.1 Å². The first-order valence-electron chi connectivity index (χ1n) is 5.56. The molecule has 1 aromatic rings. The first-order valence-corrected chi connectivity index (χ1v) is 5.94. The molecule has 6 heteroatoms. The molecule has 1 amide bonds. The fourth-order valence-electron chi connectivity index (χ4n) is 1.96. The van der Waals surface area contributed by atoms with Gasteiger partial charge in [-0.25, -0.2) is 4.39 Å². The number of rotatable bonds is 1. The van der Waals surface area contributed by atoms with Crippen molar-refractivity contribution in [2.24, 2.45) is 0 Å². The Bertz CT molecular complexity index is 442. The van der Waals surface area contributed by atoms with E-state index in [1.165, 1.54) is 12.1 Å². The molecular formula is C12H15Cl2FN2O. The molecule has 0 saturated carbocycles. The Labute approximate surface area is 117 Å². The highest BCUT2D eigenvalue weighted by molar-refractivity contribution is 6.31. The van der Waals surface area contributed by atoms with Gasteiger partial charge in [0.1, 0.15) is 0 Å². The van der Waals surface area contributed by atoms with Gasteiger partial charge in [0.15, 0.2) is 5.82 Å². The summed E-state index contributed by atoms with van der Waals surface area (Å²) in [6.45, 7) is 3.91. The van der Waals surface area contributed by atoms with E-state index >= 15 is 0 Å². The molecule has 0 aromatic heterocycles. The fraction of sp³-hybridized carbons (Fsp3) is 0.417. The predicted molar refractivity (Wildman–Crippen MR) is 72.0 cm³/mol. The maximum Gasteiger partial charge on any atom is 0.256 e. The zero-order chi connectivity index (χ0) is 12.4. The van der Waals surface area contributed by atoms with Crippen molar-refractivity contribution in [2.75, 3.05) is 19.6 Å². The molecule has 3 nitrogen and oxygen atoms in total. The van der Waals surface area contributed by atoms with E-state index in [1.807, 2.05) is 6.92 Å². The smallest absolute Gasteiger partial charge is 0.256 e. The van der Waals surface area contributed by atoms with Crippen LogP contribution in [0.15, 0.2) is 18.2 Å². The number of carbonyl (C=O) groups excluding carboxylic acids is 1. The molecule has 100 valence electrons. The summed E-state index contributed by atoms with van der Waals surface area (Å²) in [5.74, 6) is -0.927. The molecule has 0 bridgehead atoms. The van der Waals surface area contributed by atoms with Gasteiger partial charge in [0.25, 0.3) is 5.91 Å². The molecule has 1 aliphatic heterocycles. The molecule has 1 heterocycles. The summed E-state index contributed by atoms with van der Waals surface area (Å²) in [4.78, 5) is 13.8. The average Bonchev–Trinajstić information content (AvgIpc) is 2.32. The van der Waals surface area contributed by atoms with Crippen molar-refractivity contribution in [2.45, 2.75) is 13.0 Å². The molecule has 1 atom stereocenters. The Balaban J connectivity index is 0.00000162. The summed E-state index contributed by atoms with van der Waals surface area (Å²) >= 11 is 5.67. The fourth-order valence-corrected chi connectivity index (χ4v) is 2.13. The van der Waals surface area contributed by atoms with Crippen molar-refractivity contribution < 1.29 is 9.18 Å². The van der Waals surface area contributed by atoms with Gasteiger partial charge in [0.05, 0.1) is 10.6 Å². The average molecular weight is 293 g/mol. The molecule has 0 unspecified atom stereocenters. The molecule has 0 aliphatic carbocycles. The van der Waals surface area contributed by atoms with Crippen LogP contribution in [0.4, 0.5) is 4.39 Å². The van der Waals surface area contributed by atoms with Crippen LogP contribution in [0, 0.1) is 5.82 Å². The number of halogens is 3. The van der Waals surface area contributed by atoms with E-state index in [-0.39, 0.29) is 34.9 Å². The Morgan fingerprint density at radius 3 is 2.94 bits per heavy atom. The van der Waals surface area contributed by atoms with Crippen LogP contribution >= 0.6 is 24.0 Å². The summed E-state index contributed by atoms with van der Waals surface area (Å²) in [5.41, 5.74) is 0.0478. The normalized spacial score (nSPS) is 19.3. The lowest BCUT2D eigenvalue weighted by molar-refractivity contribution is 0.0704. The number of nitrogens with zero attached hydrogens (tertiary/aromatic N) is 1. The largest absolute Gasteiger partial charge is 0.336 e. The van der Waals surface area contributed by atoms with Gasteiger partial charge >= 0.3 is 0 Å². The van der Waals surface area contributed by atoms with Crippen LogP contribution in [0.25, 0.3) is 0 Å². The molecule has 1 saturated heterocycles. The quantitative estimate of drug-likeness (QED) is 0.862. The summed E-state index contributed by atoms with van der Waals surface area (Å²) in [5, 5.41) is 3.22. The third-order valence-electron chi connectivity index (χ3n) is 2.84. The first-order chi connectivity index (χ1) is 8.09. The number of amides is 1. The zero-order valence-corrected chi connectivity index (χ0v) is 11.5. The van der Waals surface area contributed by atoms with Gasteiger partial charge in [-0.1, -0.05) is 17.7 Å². The summed E-state index contributed by atoms with van der Waals surface area (Å²) in [6, 6.07) is 4.73. The second-order valence-electron chi connectivity index (χ2n) is 4.21. The van der Waals surface area contributed by atoms with Gasteiger partial charge < -0.3 is 10.2 Å². The van der Waals surface area contributed by atoms with Crippen molar-refractivity contribution in [3.8, 4) is 0 Å². The third kappa shape index (κ3) is 3.13. The molecule has 18 heavy (non-hydrogen) atoms. The Morgan fingerprint density at radius 1 is 1.56 bits per heavy atom. The van der Waals surface area contributed by atoms with Crippen LogP contribution in [0.1, 0.15) is 17.3 Å². The van der Waals surface area contributed by atoms with Crippen LogP contribution in [0.3, 0.4) is 0 Å². The van der Waals surface area contributed by atoms with Gasteiger partial charge in [-0.15, -0.1) is 12.4 Å². The Morgan fingerprint density at radius 2 is 2.28 bits per heavy atom. The molecule has 1 N–H and O–H groups in total. The van der Waals surface area contributed by atoms with E-state index < -0.39 is 5.82 Å². The van der Waals surface area contributed by atoms with Crippen LogP contribution in [-0.4, -0.2) is 36.5 Å². The lowest BCUT2D eigenvalue weighted by Gasteiger charge is -2.32. The van der Waals surface area contributed by atoms with Crippen LogP contribution in [0.2, 0.25) is 5.02 Å². The van der Waals surface area contributed by atoms with E-state index in [0.717, 1.165) is 6.54 Å². The van der Waals surface area contributed by atoms with Crippen molar-refractivity contribution in [1.29, 1.82) is 0 Å². The topological polar surface area (TPSA) is 32.3 Å². The number of benzene rings is 1. The molecule has 2 rings (SSSR count). The summed E-state index contributed by atoms with van der Waals surface area (Å²) in [6.07, 6.45) is 0. The SMILES string of the molecule is C[C@@H]1CN(C(=O)c2cccc(Cl)c2F)CCN1.Cl. The van der Waals surface area contributed by atoms with Gasteiger partial charge in [-0.05, 0) is 19.1 Å². The standard InChI is InChI=1S/C12H14ClFN2O.ClH/c1-8-7-16(6-5-15-8)12(17)9-3-2-4-10(13)11(9)14;/h2-4,8,15H,5-7H2,1H3;1H/t8-;/m1./s1. The van der Waals surface area contributed by atoms with Gasteiger partial charge in [0, 0.05) is 25.7 Å². The minimum absolute atomic E-state index is 0. The van der Waals surface area contributed by atoms with Crippen LogP contribution in [-0.2, 0) is 0 Å². The van der Waals surface area contributed by atoms with Gasteiger partial charge in [-0.2, -0.15) is 0 Å². The van der Waals surface area contributed by atoms with Crippen molar-refractivity contribution >= 4 is 29.9 Å². The number of hydrogen-bond acceptors (Lipinski definition) is 2. The maximum atomic E-state index is 13.7. The zero-order valence-electron chi connectivity index (χ0n) is 9.95. The van der Waals surface area contributed by atoms with Crippen LogP contribution in [0.5, 0.6) is 0 Å². The third-order valence-corrected chi connectivity index (χ3v) is 3.13. The van der Waals surface area contributed by atoms with E-state index in [4.69, 9.17) is 11.6 Å². The highest BCUT2D eigenvalue weighted by Gasteiger charge is 2.24. The van der Waals surface area contributed by atoms with E-state index in [1.54, 1.807) is 11.0 Å². The van der Waals surface area contributed by atoms with Crippen molar-refractivity contribution in [3.63, 3.8) is 0 Å². The Hall–Kier alpha value is -0.840. The Kier molecular flexibility index (Phi) is 5.38. The lowest BCUT2D eigenvalue weighted by atomic mass is 10.1. The molecule has 1 aromatic carbocycles. The maximum absolute atomic E-state index is 13.7. The molecular weight excluding hydrogens is 278 g/mol. The lowest BCUT2D eigenvalue weighted by Crippen LogP contribution is -2.51.